The summed E-state index contributed by atoms with van der Waals surface area (Å²) in [5.74, 6) is 7.13. The predicted octanol–water partition coefficient (Wildman–Crippen LogP) is 4.81. The van der Waals surface area contributed by atoms with Crippen LogP contribution in [0.4, 0.5) is 5.69 Å². The fourth-order valence-electron chi connectivity index (χ4n) is 2.93. The Morgan fingerprint density at radius 3 is 2.43 bits per heavy atom. The Kier molecular flexibility index (Phi) is 6.23. The lowest BCUT2D eigenvalue weighted by atomic mass is 10.1. The molecule has 2 aromatic carbocycles. The van der Waals surface area contributed by atoms with Gasteiger partial charge in [0, 0.05) is 0 Å². The number of carbonyl (C=O) groups is 1. The Bertz CT molecular complexity index is 991. The van der Waals surface area contributed by atoms with Gasteiger partial charge in [0.15, 0.2) is 5.17 Å². The number of rotatable bonds is 4. The number of nitrogens with zero attached hydrogens (tertiary/aromatic N) is 2. The van der Waals surface area contributed by atoms with Crippen molar-refractivity contribution in [3.8, 4) is 17.6 Å². The zero-order valence-electron chi connectivity index (χ0n) is 16.4. The standard InChI is InChI=1S/C23H22N2O2S/c1-5-6-11-28-23-24-21(15-18-7-9-20(27-4)10-8-18)22(26)25(23)19-13-16(2)12-17(3)14-19/h7-10,12-15H,11H2,1-4H3/b21-15-. The van der Waals surface area contributed by atoms with Gasteiger partial charge >= 0.3 is 0 Å². The number of hydrogen-bond acceptors (Lipinski definition) is 4. The van der Waals surface area contributed by atoms with Crippen molar-refractivity contribution in [2.75, 3.05) is 17.8 Å². The minimum absolute atomic E-state index is 0.132. The molecule has 1 aliphatic heterocycles. The van der Waals surface area contributed by atoms with Crippen molar-refractivity contribution in [2.24, 2.45) is 4.99 Å². The smallest absolute Gasteiger partial charge is 0.283 e. The molecule has 0 radical (unpaired) electrons. The summed E-state index contributed by atoms with van der Waals surface area (Å²) in [6.45, 7) is 5.86. The molecule has 28 heavy (non-hydrogen) atoms. The summed E-state index contributed by atoms with van der Waals surface area (Å²) in [5, 5.41) is 0.650. The maximum atomic E-state index is 13.2. The number of thioether (sulfide) groups is 1. The third-order valence-corrected chi connectivity index (χ3v) is 4.98. The third-order valence-electron chi connectivity index (χ3n) is 4.16. The molecule has 1 aliphatic rings. The van der Waals surface area contributed by atoms with Gasteiger partial charge in [-0.1, -0.05) is 35.9 Å². The van der Waals surface area contributed by atoms with Crippen LogP contribution < -0.4 is 9.64 Å². The maximum absolute atomic E-state index is 13.2. The SMILES string of the molecule is CC#CCSC1=N/C(=C\c2ccc(OC)cc2)C(=O)N1c1cc(C)cc(C)c1. The number of ether oxygens (including phenoxy) is 1. The molecule has 5 heteroatoms. The van der Waals surface area contributed by atoms with E-state index in [0.29, 0.717) is 16.6 Å². The number of aliphatic imine (C=N–C) groups is 1. The zero-order chi connectivity index (χ0) is 20.1. The number of amides is 1. The van der Waals surface area contributed by atoms with Crippen LogP contribution in [0.15, 0.2) is 53.2 Å². The van der Waals surface area contributed by atoms with Crippen molar-refractivity contribution in [3.05, 3.63) is 64.9 Å². The minimum atomic E-state index is -0.132. The fourth-order valence-corrected chi connectivity index (χ4v) is 3.76. The minimum Gasteiger partial charge on any atom is -0.497 e. The molecule has 0 spiro atoms. The van der Waals surface area contributed by atoms with Gasteiger partial charge < -0.3 is 4.74 Å². The predicted molar refractivity (Wildman–Crippen MR) is 118 cm³/mol. The van der Waals surface area contributed by atoms with Crippen LogP contribution in [0.2, 0.25) is 0 Å². The number of methoxy groups -OCH3 is 1. The van der Waals surface area contributed by atoms with Crippen LogP contribution >= 0.6 is 11.8 Å². The van der Waals surface area contributed by atoms with Crippen LogP contribution in [0.25, 0.3) is 6.08 Å². The summed E-state index contributed by atoms with van der Waals surface area (Å²) in [4.78, 5) is 19.5. The Balaban J connectivity index is 1.98. The Labute approximate surface area is 170 Å². The van der Waals surface area contributed by atoms with Gasteiger partial charge in [-0.15, -0.1) is 5.92 Å². The van der Waals surface area contributed by atoms with E-state index in [-0.39, 0.29) is 5.91 Å². The summed E-state index contributed by atoms with van der Waals surface area (Å²) in [7, 11) is 1.63. The summed E-state index contributed by atoms with van der Waals surface area (Å²) < 4.78 is 5.19. The molecular formula is C23H22N2O2S. The van der Waals surface area contributed by atoms with Crippen molar-refractivity contribution in [1.82, 2.24) is 0 Å². The second-order valence-corrected chi connectivity index (χ2v) is 7.34. The lowest BCUT2D eigenvalue weighted by molar-refractivity contribution is -0.113. The van der Waals surface area contributed by atoms with E-state index in [1.165, 1.54) is 11.8 Å². The second kappa shape index (κ2) is 8.81. The first-order valence-corrected chi connectivity index (χ1v) is 9.90. The number of carbonyl (C=O) groups excluding carboxylic acids is 1. The van der Waals surface area contributed by atoms with Crippen molar-refractivity contribution in [2.45, 2.75) is 20.8 Å². The Morgan fingerprint density at radius 1 is 1.14 bits per heavy atom. The molecule has 0 aliphatic carbocycles. The van der Waals surface area contributed by atoms with E-state index in [4.69, 9.17) is 4.74 Å². The van der Waals surface area contributed by atoms with E-state index in [0.717, 1.165) is 28.1 Å². The average molecular weight is 391 g/mol. The highest BCUT2D eigenvalue weighted by atomic mass is 32.2. The molecule has 0 N–H and O–H groups in total. The summed E-state index contributed by atoms with van der Waals surface area (Å²) in [5.41, 5.74) is 4.35. The Hall–Kier alpha value is -2.97. The fraction of sp³-hybridized carbons (Fsp3) is 0.217. The summed E-state index contributed by atoms with van der Waals surface area (Å²) >= 11 is 1.47. The molecule has 4 nitrogen and oxygen atoms in total. The van der Waals surface area contributed by atoms with Gasteiger partial charge in [-0.3, -0.25) is 9.69 Å². The Morgan fingerprint density at radius 2 is 1.82 bits per heavy atom. The van der Waals surface area contributed by atoms with Gasteiger partial charge in [-0.25, -0.2) is 4.99 Å². The molecular weight excluding hydrogens is 368 g/mol. The molecule has 142 valence electrons. The molecule has 3 rings (SSSR count). The first-order valence-electron chi connectivity index (χ1n) is 8.91. The lowest BCUT2D eigenvalue weighted by Gasteiger charge is -2.18. The quantitative estimate of drug-likeness (QED) is 0.556. The molecule has 0 unspecified atom stereocenters. The maximum Gasteiger partial charge on any atom is 0.283 e. The molecule has 2 aromatic rings. The van der Waals surface area contributed by atoms with Crippen LogP contribution in [0.5, 0.6) is 5.75 Å². The van der Waals surface area contributed by atoms with Gasteiger partial charge in [0.25, 0.3) is 5.91 Å². The summed E-state index contributed by atoms with van der Waals surface area (Å²) in [6.07, 6.45) is 1.80. The molecule has 0 fully saturated rings. The molecule has 0 saturated heterocycles. The van der Waals surface area contributed by atoms with E-state index in [9.17, 15) is 4.79 Å². The van der Waals surface area contributed by atoms with Crippen LogP contribution in [0.1, 0.15) is 23.6 Å². The number of hydrogen-bond donors (Lipinski definition) is 0. The topological polar surface area (TPSA) is 41.9 Å². The highest BCUT2D eigenvalue weighted by Crippen LogP contribution is 2.30. The number of aryl methyl sites for hydroxylation is 2. The van der Waals surface area contributed by atoms with E-state index in [2.05, 4.69) is 22.9 Å². The summed E-state index contributed by atoms with van der Waals surface area (Å²) in [6, 6.07) is 13.6. The number of anilines is 1. The van der Waals surface area contributed by atoms with Gasteiger partial charge in [0.05, 0.1) is 18.6 Å². The van der Waals surface area contributed by atoms with Gasteiger partial charge in [-0.05, 0) is 67.8 Å². The monoisotopic (exact) mass is 390 g/mol. The van der Waals surface area contributed by atoms with Crippen molar-refractivity contribution >= 4 is 34.6 Å². The van der Waals surface area contributed by atoms with Crippen LogP contribution in [-0.2, 0) is 4.79 Å². The van der Waals surface area contributed by atoms with E-state index in [1.807, 2.05) is 50.2 Å². The molecule has 0 saturated carbocycles. The number of amidine groups is 1. The first-order chi connectivity index (χ1) is 13.5. The second-order valence-electron chi connectivity index (χ2n) is 6.40. The van der Waals surface area contributed by atoms with E-state index in [1.54, 1.807) is 25.0 Å². The number of benzene rings is 2. The lowest BCUT2D eigenvalue weighted by Crippen LogP contribution is -2.30. The van der Waals surface area contributed by atoms with E-state index >= 15 is 0 Å². The zero-order valence-corrected chi connectivity index (χ0v) is 17.3. The first kappa shape index (κ1) is 19.8. The van der Waals surface area contributed by atoms with Crippen molar-refractivity contribution in [3.63, 3.8) is 0 Å². The molecule has 0 atom stereocenters. The largest absolute Gasteiger partial charge is 0.497 e. The van der Waals surface area contributed by atoms with Crippen LogP contribution in [0, 0.1) is 25.7 Å². The molecule has 1 amide bonds. The third kappa shape index (κ3) is 4.47. The van der Waals surface area contributed by atoms with Gasteiger partial charge in [-0.2, -0.15) is 0 Å². The van der Waals surface area contributed by atoms with Crippen LogP contribution in [0.3, 0.4) is 0 Å². The average Bonchev–Trinajstić information content (AvgIpc) is 2.97. The molecule has 0 bridgehead atoms. The molecule has 0 aromatic heterocycles. The van der Waals surface area contributed by atoms with Crippen molar-refractivity contribution < 1.29 is 9.53 Å². The normalized spacial score (nSPS) is 14.7. The highest BCUT2D eigenvalue weighted by Gasteiger charge is 2.32. The molecule has 1 heterocycles. The van der Waals surface area contributed by atoms with Crippen LogP contribution in [-0.4, -0.2) is 23.9 Å². The van der Waals surface area contributed by atoms with E-state index < -0.39 is 0 Å². The van der Waals surface area contributed by atoms with Gasteiger partial charge in [0.1, 0.15) is 11.4 Å². The highest BCUT2D eigenvalue weighted by molar-refractivity contribution is 8.14. The van der Waals surface area contributed by atoms with Gasteiger partial charge in [0.2, 0.25) is 0 Å². The van der Waals surface area contributed by atoms with Crippen molar-refractivity contribution in [1.29, 1.82) is 0 Å².